The number of ether oxygens (including phenoxy) is 2. The fraction of sp³-hybridized carbons (Fsp3) is 0.900. The van der Waals surface area contributed by atoms with E-state index in [9.17, 15) is 43.3 Å². The Morgan fingerprint density at radius 1 is 0.625 bits per heavy atom. The molecule has 1 fully saturated rings. The lowest BCUT2D eigenvalue weighted by atomic mass is 9.99. The molecule has 1 aliphatic heterocycles. The summed E-state index contributed by atoms with van der Waals surface area (Å²) in [4.78, 5) is 13.1. The van der Waals surface area contributed by atoms with E-state index in [0.717, 1.165) is 51.4 Å². The van der Waals surface area contributed by atoms with Crippen molar-refractivity contribution in [1.29, 1.82) is 0 Å². The Hall–Kier alpha value is -1.46. The van der Waals surface area contributed by atoms with Crippen LogP contribution in [0.15, 0.2) is 24.3 Å². The molecule has 1 aliphatic rings. The van der Waals surface area contributed by atoms with Crippen LogP contribution in [0.3, 0.4) is 0 Å². The number of unbranched alkanes of at least 4 members (excludes halogenated alkanes) is 29. The van der Waals surface area contributed by atoms with E-state index in [1.807, 2.05) is 6.08 Å². The van der Waals surface area contributed by atoms with Crippen molar-refractivity contribution in [3.05, 3.63) is 24.3 Å². The van der Waals surface area contributed by atoms with Gasteiger partial charge < -0.3 is 40.3 Å². The van der Waals surface area contributed by atoms with E-state index in [1.165, 1.54) is 141 Å². The van der Waals surface area contributed by atoms with Crippen molar-refractivity contribution in [1.82, 2.24) is 5.32 Å². The molecule has 378 valence electrons. The standard InChI is InChI=1S/C50H95NO12S/c1-3-5-7-9-11-13-15-17-19-21-23-24-26-28-30-32-34-36-38-43(53)42(41-61-50-47(56)48(63-64(58,59)60)46(55)45(40-52)62-50)51-49(57)44(54)39-37-35-33-31-29-27-25-22-20-18-16-14-12-10-8-6-4-2/h25,27,36,38,42-48,50,52-56H,3-24,26,28-35,37,39-41H2,1-2H3,(H,51,57)(H,58,59,60)/b27-25-,38-36+. The maximum atomic E-state index is 13.1. The van der Waals surface area contributed by atoms with Crippen LogP contribution in [0.2, 0.25) is 0 Å². The maximum Gasteiger partial charge on any atom is 0.397 e. The maximum absolute atomic E-state index is 13.1. The highest BCUT2D eigenvalue weighted by molar-refractivity contribution is 7.80. The lowest BCUT2D eigenvalue weighted by Crippen LogP contribution is -2.61. The van der Waals surface area contributed by atoms with Crippen molar-refractivity contribution in [2.24, 2.45) is 0 Å². The number of amides is 1. The molecule has 0 radical (unpaired) electrons. The molecule has 0 aliphatic carbocycles. The minimum Gasteiger partial charge on any atom is -0.394 e. The van der Waals surface area contributed by atoms with Gasteiger partial charge in [0.05, 0.1) is 25.4 Å². The van der Waals surface area contributed by atoms with Crippen LogP contribution in [0.4, 0.5) is 0 Å². The Balaban J connectivity index is 2.53. The highest BCUT2D eigenvalue weighted by Crippen LogP contribution is 2.26. The van der Waals surface area contributed by atoms with E-state index in [2.05, 4.69) is 35.5 Å². The number of nitrogens with one attached hydrogen (secondary N) is 1. The second-order valence-corrected chi connectivity index (χ2v) is 19.3. The summed E-state index contributed by atoms with van der Waals surface area (Å²) < 4.78 is 47.6. The number of aliphatic hydroxyl groups excluding tert-OH is 5. The number of carbonyl (C=O) groups excluding carboxylic acids is 1. The predicted octanol–water partition coefficient (Wildman–Crippen LogP) is 9.86. The molecule has 8 unspecified atom stereocenters. The summed E-state index contributed by atoms with van der Waals surface area (Å²) in [6.07, 6.45) is 35.3. The van der Waals surface area contributed by atoms with Gasteiger partial charge in [-0.15, -0.1) is 0 Å². The van der Waals surface area contributed by atoms with Gasteiger partial charge in [0.2, 0.25) is 5.91 Å². The Morgan fingerprint density at radius 2 is 1.03 bits per heavy atom. The minimum absolute atomic E-state index is 0.230. The summed E-state index contributed by atoms with van der Waals surface area (Å²) in [5.74, 6) is -0.709. The fourth-order valence-corrected chi connectivity index (χ4v) is 8.73. The van der Waals surface area contributed by atoms with Gasteiger partial charge in [0.15, 0.2) is 6.29 Å². The molecular weight excluding hydrogens is 839 g/mol. The molecule has 13 nitrogen and oxygen atoms in total. The Labute approximate surface area is 389 Å². The third-order valence-electron chi connectivity index (χ3n) is 12.3. The molecule has 1 amide bonds. The average Bonchev–Trinajstić information content (AvgIpc) is 3.27. The summed E-state index contributed by atoms with van der Waals surface area (Å²) in [6.45, 7) is 3.23. The lowest BCUT2D eigenvalue weighted by molar-refractivity contribution is -0.298. The van der Waals surface area contributed by atoms with Gasteiger partial charge in [-0.05, 0) is 44.9 Å². The van der Waals surface area contributed by atoms with Crippen LogP contribution in [0.25, 0.3) is 0 Å². The summed E-state index contributed by atoms with van der Waals surface area (Å²) in [5.41, 5.74) is 0. The normalized spacial score (nSPS) is 20.9. The fourth-order valence-electron chi connectivity index (χ4n) is 8.22. The van der Waals surface area contributed by atoms with Gasteiger partial charge in [-0.1, -0.05) is 205 Å². The molecule has 1 heterocycles. The number of allylic oxidation sites excluding steroid dienone is 3. The van der Waals surface area contributed by atoms with Gasteiger partial charge in [0.25, 0.3) is 0 Å². The Morgan fingerprint density at radius 3 is 1.45 bits per heavy atom. The van der Waals surface area contributed by atoms with Gasteiger partial charge >= 0.3 is 10.4 Å². The van der Waals surface area contributed by atoms with Crippen LogP contribution >= 0.6 is 0 Å². The Bertz CT molecular complexity index is 1250. The molecule has 64 heavy (non-hydrogen) atoms. The second-order valence-electron chi connectivity index (χ2n) is 18.3. The van der Waals surface area contributed by atoms with Crippen LogP contribution < -0.4 is 5.32 Å². The largest absolute Gasteiger partial charge is 0.397 e. The first-order chi connectivity index (χ1) is 30.9. The molecule has 0 bridgehead atoms. The number of rotatable bonds is 44. The summed E-state index contributed by atoms with van der Waals surface area (Å²) in [7, 11) is -5.12. The molecule has 0 spiro atoms. The summed E-state index contributed by atoms with van der Waals surface area (Å²) >= 11 is 0. The van der Waals surface area contributed by atoms with Gasteiger partial charge in [0, 0.05) is 0 Å². The van der Waals surface area contributed by atoms with Crippen LogP contribution in [-0.4, -0.2) is 107 Å². The first kappa shape index (κ1) is 60.6. The second kappa shape index (κ2) is 40.6. The Kier molecular flexibility index (Phi) is 38.4. The highest BCUT2D eigenvalue weighted by atomic mass is 32.3. The number of aliphatic hydroxyl groups is 5. The number of carbonyl (C=O) groups is 1. The highest BCUT2D eigenvalue weighted by Gasteiger charge is 2.48. The monoisotopic (exact) mass is 934 g/mol. The number of hydrogen-bond donors (Lipinski definition) is 7. The van der Waals surface area contributed by atoms with E-state index >= 15 is 0 Å². The average molecular weight is 934 g/mol. The zero-order chi connectivity index (χ0) is 47.1. The molecule has 1 rings (SSSR count). The van der Waals surface area contributed by atoms with E-state index in [1.54, 1.807) is 6.08 Å². The van der Waals surface area contributed by atoms with Gasteiger partial charge in [0.1, 0.15) is 30.5 Å². The molecular formula is C50H95NO12S. The van der Waals surface area contributed by atoms with E-state index in [-0.39, 0.29) is 6.42 Å². The molecule has 7 N–H and O–H groups in total. The van der Waals surface area contributed by atoms with Gasteiger partial charge in [-0.2, -0.15) is 8.42 Å². The van der Waals surface area contributed by atoms with Crippen molar-refractivity contribution >= 4 is 16.3 Å². The third kappa shape index (κ3) is 32.3. The van der Waals surface area contributed by atoms with Gasteiger partial charge in [-0.3, -0.25) is 9.35 Å². The zero-order valence-corrected chi connectivity index (χ0v) is 41.0. The van der Waals surface area contributed by atoms with Crippen LogP contribution in [0.1, 0.15) is 226 Å². The third-order valence-corrected chi connectivity index (χ3v) is 12.8. The van der Waals surface area contributed by atoms with E-state index in [4.69, 9.17) is 9.47 Å². The molecule has 0 aromatic carbocycles. The van der Waals surface area contributed by atoms with Crippen molar-refractivity contribution < 1.29 is 57.0 Å². The van der Waals surface area contributed by atoms with Crippen molar-refractivity contribution in [3.8, 4) is 0 Å². The smallest absolute Gasteiger partial charge is 0.394 e. The van der Waals surface area contributed by atoms with Crippen molar-refractivity contribution in [2.75, 3.05) is 13.2 Å². The first-order valence-electron chi connectivity index (χ1n) is 25.8. The molecule has 0 aromatic rings. The minimum atomic E-state index is -5.12. The first-order valence-corrected chi connectivity index (χ1v) is 27.2. The summed E-state index contributed by atoms with van der Waals surface area (Å²) in [6, 6.07) is -1.12. The predicted molar refractivity (Wildman–Crippen MR) is 256 cm³/mol. The quantitative estimate of drug-likeness (QED) is 0.0173. The lowest BCUT2D eigenvalue weighted by Gasteiger charge is -2.41. The molecule has 8 atom stereocenters. The van der Waals surface area contributed by atoms with Crippen molar-refractivity contribution in [2.45, 2.75) is 275 Å². The van der Waals surface area contributed by atoms with E-state index < -0.39 is 78.5 Å². The molecule has 1 saturated heterocycles. The van der Waals surface area contributed by atoms with Crippen LogP contribution in [0, 0.1) is 0 Å². The van der Waals surface area contributed by atoms with E-state index in [0.29, 0.717) is 12.8 Å². The van der Waals surface area contributed by atoms with Crippen LogP contribution in [0.5, 0.6) is 0 Å². The number of hydrogen-bond acceptors (Lipinski definition) is 11. The van der Waals surface area contributed by atoms with Crippen LogP contribution in [-0.2, 0) is 28.9 Å². The van der Waals surface area contributed by atoms with Crippen molar-refractivity contribution in [3.63, 3.8) is 0 Å². The topological polar surface area (TPSA) is 212 Å². The molecule has 14 heteroatoms. The summed E-state index contributed by atoms with van der Waals surface area (Å²) in [5, 5.41) is 55.4. The molecule has 0 aromatic heterocycles. The SMILES string of the molecule is CCCCCCCCCCC/C=C\CCCCCCC(O)C(=O)NC(COC1OC(CO)C(O)C(OS(=O)(=O)O)C1O)C(O)/C=C/CCCCCCCCCCCCCCCCCC. The molecule has 0 saturated carbocycles. The van der Waals surface area contributed by atoms with Gasteiger partial charge in [-0.25, -0.2) is 4.18 Å². The zero-order valence-electron chi connectivity index (χ0n) is 40.2.